The van der Waals surface area contributed by atoms with E-state index >= 15 is 0 Å². The van der Waals surface area contributed by atoms with Crippen LogP contribution >= 0.6 is 22.7 Å². The maximum Gasteiger partial charge on any atom is 0.338 e. The number of hydrogen-bond acceptors (Lipinski definition) is 7. The molecule has 0 aliphatic carbocycles. The zero-order chi connectivity index (χ0) is 20.4. The lowest BCUT2D eigenvalue weighted by Gasteiger charge is -2.07. The van der Waals surface area contributed by atoms with Crippen molar-refractivity contribution >= 4 is 45.2 Å². The van der Waals surface area contributed by atoms with Gasteiger partial charge in [-0.15, -0.1) is 22.7 Å². The summed E-state index contributed by atoms with van der Waals surface area (Å²) >= 11 is 2.71. The summed E-state index contributed by atoms with van der Waals surface area (Å²) in [5.41, 5.74) is 1.92. The highest BCUT2D eigenvalue weighted by Gasteiger charge is 2.12. The molecule has 29 heavy (non-hydrogen) atoms. The topological polar surface area (TPSA) is 89.8 Å². The first-order valence-electron chi connectivity index (χ1n) is 8.60. The van der Waals surface area contributed by atoms with Crippen molar-refractivity contribution in [2.24, 2.45) is 0 Å². The summed E-state index contributed by atoms with van der Waals surface area (Å²) in [6, 6.07) is 11.3. The van der Waals surface area contributed by atoms with Crippen LogP contribution in [-0.2, 0) is 11.3 Å². The molecule has 7 nitrogen and oxygen atoms in total. The summed E-state index contributed by atoms with van der Waals surface area (Å²) < 4.78 is 6.79. The van der Waals surface area contributed by atoms with Gasteiger partial charge >= 0.3 is 5.97 Å². The molecule has 146 valence electrons. The van der Waals surface area contributed by atoms with E-state index in [2.05, 4.69) is 10.3 Å². The fourth-order valence-electron chi connectivity index (χ4n) is 2.69. The number of benzene rings is 1. The van der Waals surface area contributed by atoms with Gasteiger partial charge in [0.05, 0.1) is 16.1 Å². The number of carbonyl (C=O) groups is 2. The van der Waals surface area contributed by atoms with Crippen molar-refractivity contribution in [2.45, 2.75) is 13.5 Å². The zero-order valence-electron chi connectivity index (χ0n) is 15.2. The van der Waals surface area contributed by atoms with Gasteiger partial charge in [-0.3, -0.25) is 14.0 Å². The van der Waals surface area contributed by atoms with Crippen LogP contribution in [0.2, 0.25) is 0 Å². The molecule has 0 atom stereocenters. The lowest BCUT2D eigenvalue weighted by molar-refractivity contribution is 0.0467. The number of aryl methyl sites for hydroxylation is 1. The summed E-state index contributed by atoms with van der Waals surface area (Å²) in [6.07, 6.45) is 0. The van der Waals surface area contributed by atoms with Crippen LogP contribution in [0, 0.1) is 6.92 Å². The third kappa shape index (κ3) is 4.10. The van der Waals surface area contributed by atoms with E-state index in [1.807, 2.05) is 17.7 Å². The Balaban J connectivity index is 1.40. The second-order valence-electron chi connectivity index (χ2n) is 6.17. The van der Waals surface area contributed by atoms with Crippen molar-refractivity contribution in [2.75, 3.05) is 5.32 Å². The number of anilines is 1. The second-order valence-corrected chi connectivity index (χ2v) is 7.95. The minimum absolute atomic E-state index is 0.0988. The predicted octanol–water partition coefficient (Wildman–Crippen LogP) is 3.74. The summed E-state index contributed by atoms with van der Waals surface area (Å²) in [7, 11) is 0. The molecule has 0 unspecified atom stereocenters. The smallest absolute Gasteiger partial charge is 0.338 e. The van der Waals surface area contributed by atoms with Crippen molar-refractivity contribution in [3.63, 3.8) is 0 Å². The van der Waals surface area contributed by atoms with Crippen LogP contribution in [-0.4, -0.2) is 21.3 Å². The number of amides is 1. The normalized spacial score (nSPS) is 10.8. The Morgan fingerprint density at radius 3 is 2.69 bits per heavy atom. The molecule has 9 heteroatoms. The van der Waals surface area contributed by atoms with Gasteiger partial charge < -0.3 is 10.1 Å². The number of hydrogen-bond donors (Lipinski definition) is 1. The fourth-order valence-corrected chi connectivity index (χ4v) is 4.20. The van der Waals surface area contributed by atoms with Gasteiger partial charge in [0.2, 0.25) is 0 Å². The molecule has 0 saturated carbocycles. The number of thiophene rings is 1. The number of nitrogens with one attached hydrogen (secondary N) is 1. The summed E-state index contributed by atoms with van der Waals surface area (Å²) in [6.45, 7) is 1.73. The van der Waals surface area contributed by atoms with Gasteiger partial charge in [-0.05, 0) is 42.6 Å². The average Bonchev–Trinajstić information content (AvgIpc) is 3.37. The van der Waals surface area contributed by atoms with E-state index < -0.39 is 5.97 Å². The molecule has 4 aromatic rings. The molecule has 0 aliphatic rings. The Bertz CT molecular complexity index is 1240. The SMILES string of the molecule is Cc1csc2nc(COC(=O)c3ccc(NC(=O)c4cccs4)cc3)cc(=O)n12. The third-order valence-electron chi connectivity index (χ3n) is 4.10. The minimum Gasteiger partial charge on any atom is -0.456 e. The highest BCUT2D eigenvalue weighted by atomic mass is 32.1. The number of esters is 1. The molecule has 0 spiro atoms. The number of fused-ring (bicyclic) bond motifs is 1. The number of nitrogens with zero attached hydrogens (tertiary/aromatic N) is 2. The van der Waals surface area contributed by atoms with E-state index in [1.54, 1.807) is 36.4 Å². The molecule has 0 fully saturated rings. The van der Waals surface area contributed by atoms with Gasteiger partial charge in [-0.25, -0.2) is 9.78 Å². The van der Waals surface area contributed by atoms with Crippen molar-refractivity contribution in [1.82, 2.24) is 9.38 Å². The lowest BCUT2D eigenvalue weighted by atomic mass is 10.2. The van der Waals surface area contributed by atoms with E-state index in [0.29, 0.717) is 26.8 Å². The number of rotatable bonds is 5. The van der Waals surface area contributed by atoms with Gasteiger partial charge in [0.15, 0.2) is 4.96 Å². The number of ether oxygens (including phenoxy) is 1. The standard InChI is InChI=1S/C20H15N3O4S2/c1-12-11-29-20-22-15(9-17(24)23(12)20)10-27-19(26)13-4-6-14(7-5-13)21-18(25)16-3-2-8-28-16/h2-9,11H,10H2,1H3,(H,21,25). The first-order valence-corrected chi connectivity index (χ1v) is 10.4. The van der Waals surface area contributed by atoms with Crippen molar-refractivity contribution in [1.29, 1.82) is 0 Å². The largest absolute Gasteiger partial charge is 0.456 e. The summed E-state index contributed by atoms with van der Waals surface area (Å²) in [4.78, 5) is 42.0. The first-order chi connectivity index (χ1) is 14.0. The Kier molecular flexibility index (Phi) is 5.24. The molecule has 1 aromatic carbocycles. The molecule has 3 heterocycles. The zero-order valence-corrected chi connectivity index (χ0v) is 16.9. The van der Waals surface area contributed by atoms with Gasteiger partial charge in [0.25, 0.3) is 11.5 Å². The average molecular weight is 425 g/mol. The molecule has 0 bridgehead atoms. The highest BCUT2D eigenvalue weighted by Crippen LogP contribution is 2.16. The van der Waals surface area contributed by atoms with Gasteiger partial charge in [-0.2, -0.15) is 0 Å². The van der Waals surface area contributed by atoms with Crippen molar-refractivity contribution in [3.8, 4) is 0 Å². The van der Waals surface area contributed by atoms with Gasteiger partial charge in [0, 0.05) is 22.8 Å². The van der Waals surface area contributed by atoms with Crippen LogP contribution in [0.3, 0.4) is 0 Å². The molecule has 4 rings (SSSR count). The summed E-state index contributed by atoms with van der Waals surface area (Å²) in [5, 5.41) is 6.44. The third-order valence-corrected chi connectivity index (χ3v) is 5.92. The first kappa shape index (κ1) is 19.0. The van der Waals surface area contributed by atoms with Crippen LogP contribution in [0.15, 0.2) is 58.0 Å². The molecule has 1 amide bonds. The quantitative estimate of drug-likeness (QED) is 0.492. The molecular weight excluding hydrogens is 410 g/mol. The Hall–Kier alpha value is -3.30. The predicted molar refractivity (Wildman–Crippen MR) is 112 cm³/mol. The maximum absolute atomic E-state index is 12.3. The molecule has 0 aliphatic heterocycles. The fraction of sp³-hybridized carbons (Fsp3) is 0.100. The van der Waals surface area contributed by atoms with E-state index in [4.69, 9.17) is 4.74 Å². The highest BCUT2D eigenvalue weighted by molar-refractivity contribution is 7.15. The van der Waals surface area contributed by atoms with Crippen LogP contribution < -0.4 is 10.9 Å². The van der Waals surface area contributed by atoms with E-state index in [9.17, 15) is 14.4 Å². The monoisotopic (exact) mass is 425 g/mol. The Labute approximate surface area is 173 Å². The number of aromatic nitrogens is 2. The van der Waals surface area contributed by atoms with Crippen molar-refractivity contribution < 1.29 is 14.3 Å². The van der Waals surface area contributed by atoms with Crippen LogP contribution in [0.1, 0.15) is 31.4 Å². The lowest BCUT2D eigenvalue weighted by Crippen LogP contribution is -2.16. The van der Waals surface area contributed by atoms with Crippen LogP contribution in [0.4, 0.5) is 5.69 Å². The molecule has 3 aromatic heterocycles. The second kappa shape index (κ2) is 7.98. The van der Waals surface area contributed by atoms with Gasteiger partial charge in [-0.1, -0.05) is 6.07 Å². The number of thiazole rings is 1. The van der Waals surface area contributed by atoms with Gasteiger partial charge in [0.1, 0.15) is 6.61 Å². The molecule has 1 N–H and O–H groups in total. The molecular formula is C20H15N3O4S2. The number of carbonyl (C=O) groups excluding carboxylic acids is 2. The molecule has 0 radical (unpaired) electrons. The van der Waals surface area contributed by atoms with Crippen LogP contribution in [0.25, 0.3) is 4.96 Å². The maximum atomic E-state index is 12.3. The summed E-state index contributed by atoms with van der Waals surface area (Å²) in [5.74, 6) is -0.739. The van der Waals surface area contributed by atoms with E-state index in [0.717, 1.165) is 5.69 Å². The Morgan fingerprint density at radius 1 is 1.17 bits per heavy atom. The van der Waals surface area contributed by atoms with E-state index in [1.165, 1.54) is 33.1 Å². The molecule has 0 saturated heterocycles. The Morgan fingerprint density at radius 2 is 1.97 bits per heavy atom. The van der Waals surface area contributed by atoms with Crippen molar-refractivity contribution in [3.05, 3.63) is 85.4 Å². The van der Waals surface area contributed by atoms with Crippen LogP contribution in [0.5, 0.6) is 0 Å². The minimum atomic E-state index is -0.537. The van der Waals surface area contributed by atoms with E-state index in [-0.39, 0.29) is 18.1 Å².